The number of primary amides is 1. The lowest BCUT2D eigenvalue weighted by molar-refractivity contribution is 0.0693. The van der Waals surface area contributed by atoms with Gasteiger partial charge in [0.15, 0.2) is 5.75 Å². The Morgan fingerprint density at radius 3 is 2.48 bits per heavy atom. The number of aromatic hydroxyl groups is 1. The molecule has 27 heavy (non-hydrogen) atoms. The summed E-state index contributed by atoms with van der Waals surface area (Å²) in [7, 11) is 1.43. The summed E-state index contributed by atoms with van der Waals surface area (Å²) in [5, 5.41) is 28.9. The predicted octanol–water partition coefficient (Wildman–Crippen LogP) is 3.77. The second-order valence-electron chi connectivity index (χ2n) is 5.60. The standard InChI is InChI=1S/C19H15N3O5/c1-27-15-7-6-11(18(20)24)9-14(15)21-22-16-12-5-3-2-4-10(12)8-13(17(16)23)19(25)26/h2-9,23H,1H3,(H2,20,24)(H,25,26). The molecule has 136 valence electrons. The molecule has 0 aromatic heterocycles. The van der Waals surface area contributed by atoms with Gasteiger partial charge in [-0.2, -0.15) is 0 Å². The second-order valence-corrected chi connectivity index (χ2v) is 5.60. The smallest absolute Gasteiger partial charge is 0.339 e. The minimum absolute atomic E-state index is 0.00275. The van der Waals surface area contributed by atoms with Gasteiger partial charge in [-0.3, -0.25) is 4.79 Å². The van der Waals surface area contributed by atoms with Gasteiger partial charge in [0.25, 0.3) is 0 Å². The number of azo groups is 1. The molecule has 0 bridgehead atoms. The molecule has 0 unspecified atom stereocenters. The quantitative estimate of drug-likeness (QED) is 0.592. The highest BCUT2D eigenvalue weighted by Gasteiger charge is 2.17. The zero-order valence-corrected chi connectivity index (χ0v) is 14.2. The Morgan fingerprint density at radius 1 is 1.07 bits per heavy atom. The molecule has 8 heteroatoms. The number of rotatable bonds is 5. The van der Waals surface area contributed by atoms with E-state index in [1.165, 1.54) is 31.4 Å². The maximum absolute atomic E-state index is 11.4. The molecule has 3 aromatic carbocycles. The summed E-state index contributed by atoms with van der Waals surface area (Å²) in [6.07, 6.45) is 0. The van der Waals surface area contributed by atoms with E-state index in [-0.39, 0.29) is 22.5 Å². The van der Waals surface area contributed by atoms with Gasteiger partial charge in [0.1, 0.15) is 22.7 Å². The van der Waals surface area contributed by atoms with E-state index in [4.69, 9.17) is 10.5 Å². The molecule has 0 spiro atoms. The van der Waals surface area contributed by atoms with Gasteiger partial charge in [-0.1, -0.05) is 24.3 Å². The third-order valence-electron chi connectivity index (χ3n) is 3.95. The summed E-state index contributed by atoms with van der Waals surface area (Å²) < 4.78 is 5.19. The number of hydrogen-bond acceptors (Lipinski definition) is 6. The van der Waals surface area contributed by atoms with E-state index in [9.17, 15) is 19.8 Å². The first kappa shape index (κ1) is 17.9. The van der Waals surface area contributed by atoms with Gasteiger partial charge in [0.05, 0.1) is 7.11 Å². The summed E-state index contributed by atoms with van der Waals surface area (Å²) in [6.45, 7) is 0. The maximum Gasteiger partial charge on any atom is 0.339 e. The highest BCUT2D eigenvalue weighted by atomic mass is 16.5. The van der Waals surface area contributed by atoms with Crippen molar-refractivity contribution in [2.75, 3.05) is 7.11 Å². The molecule has 0 saturated carbocycles. The van der Waals surface area contributed by atoms with E-state index in [0.29, 0.717) is 16.5 Å². The molecule has 4 N–H and O–H groups in total. The first-order valence-corrected chi connectivity index (χ1v) is 7.80. The number of nitrogens with two attached hydrogens (primary N) is 1. The summed E-state index contributed by atoms with van der Waals surface area (Å²) in [5.74, 6) is -2.10. The van der Waals surface area contributed by atoms with E-state index >= 15 is 0 Å². The second kappa shape index (κ2) is 7.12. The Balaban J connectivity index is 2.19. The van der Waals surface area contributed by atoms with E-state index in [2.05, 4.69) is 10.2 Å². The van der Waals surface area contributed by atoms with Crippen molar-refractivity contribution in [2.24, 2.45) is 16.0 Å². The lowest BCUT2D eigenvalue weighted by Gasteiger charge is -2.08. The Bertz CT molecular complexity index is 1090. The summed E-state index contributed by atoms with van der Waals surface area (Å²) in [4.78, 5) is 22.8. The van der Waals surface area contributed by atoms with E-state index in [0.717, 1.165) is 0 Å². The third kappa shape index (κ3) is 3.40. The third-order valence-corrected chi connectivity index (χ3v) is 3.95. The summed E-state index contributed by atoms with van der Waals surface area (Å²) in [5.41, 5.74) is 5.39. The molecular formula is C19H15N3O5. The van der Waals surface area contributed by atoms with E-state index in [1.807, 2.05) is 0 Å². The van der Waals surface area contributed by atoms with E-state index in [1.54, 1.807) is 24.3 Å². The minimum atomic E-state index is -1.29. The van der Waals surface area contributed by atoms with Crippen molar-refractivity contribution in [1.82, 2.24) is 0 Å². The van der Waals surface area contributed by atoms with Crippen molar-refractivity contribution in [3.63, 3.8) is 0 Å². The molecular weight excluding hydrogens is 350 g/mol. The number of amides is 1. The van der Waals surface area contributed by atoms with Crippen molar-refractivity contribution in [2.45, 2.75) is 0 Å². The van der Waals surface area contributed by atoms with Gasteiger partial charge >= 0.3 is 5.97 Å². The maximum atomic E-state index is 11.4. The van der Waals surface area contributed by atoms with Gasteiger partial charge in [-0.15, -0.1) is 10.2 Å². The first-order valence-electron chi connectivity index (χ1n) is 7.80. The minimum Gasteiger partial charge on any atom is -0.505 e. The summed E-state index contributed by atoms with van der Waals surface area (Å²) in [6, 6.07) is 12.6. The fourth-order valence-corrected chi connectivity index (χ4v) is 2.61. The van der Waals surface area contributed by atoms with Crippen LogP contribution in [0.25, 0.3) is 10.8 Å². The van der Waals surface area contributed by atoms with Crippen LogP contribution in [-0.4, -0.2) is 29.2 Å². The summed E-state index contributed by atoms with van der Waals surface area (Å²) >= 11 is 0. The van der Waals surface area contributed by atoms with E-state index < -0.39 is 17.6 Å². The van der Waals surface area contributed by atoms with Crippen LogP contribution in [0.2, 0.25) is 0 Å². The highest BCUT2D eigenvalue weighted by molar-refractivity contribution is 6.04. The number of fused-ring (bicyclic) bond motifs is 1. The van der Waals surface area contributed by atoms with Crippen molar-refractivity contribution in [1.29, 1.82) is 0 Å². The van der Waals surface area contributed by atoms with Crippen LogP contribution in [0.3, 0.4) is 0 Å². The monoisotopic (exact) mass is 365 g/mol. The Hall–Kier alpha value is -3.94. The van der Waals surface area contributed by atoms with Gasteiger partial charge in [-0.25, -0.2) is 4.79 Å². The molecule has 8 nitrogen and oxygen atoms in total. The molecule has 0 fully saturated rings. The Morgan fingerprint density at radius 2 is 1.81 bits per heavy atom. The van der Waals surface area contributed by atoms with Crippen molar-refractivity contribution in [3.8, 4) is 11.5 Å². The molecule has 0 radical (unpaired) electrons. The molecule has 3 aromatic rings. The van der Waals surface area contributed by atoms with Crippen LogP contribution in [0.1, 0.15) is 20.7 Å². The molecule has 3 rings (SSSR count). The number of carboxylic acid groups (broad SMARTS) is 1. The number of phenols is 1. The van der Waals surface area contributed by atoms with Crippen LogP contribution in [-0.2, 0) is 0 Å². The number of aromatic carboxylic acids is 1. The number of nitrogens with zero attached hydrogens (tertiary/aromatic N) is 2. The fraction of sp³-hybridized carbons (Fsp3) is 0.0526. The topological polar surface area (TPSA) is 135 Å². The van der Waals surface area contributed by atoms with Gasteiger partial charge in [0, 0.05) is 10.9 Å². The molecule has 0 atom stereocenters. The fourth-order valence-electron chi connectivity index (χ4n) is 2.61. The normalized spacial score (nSPS) is 11.0. The number of ether oxygens (including phenoxy) is 1. The molecule has 0 saturated heterocycles. The average molecular weight is 365 g/mol. The van der Waals surface area contributed by atoms with Crippen molar-refractivity contribution >= 4 is 34.0 Å². The highest BCUT2D eigenvalue weighted by Crippen LogP contribution is 2.40. The number of carbonyl (C=O) groups excluding carboxylic acids is 1. The van der Waals surface area contributed by atoms with Crippen LogP contribution in [0.15, 0.2) is 58.8 Å². The Labute approximate surface area is 153 Å². The number of carbonyl (C=O) groups is 2. The molecule has 0 aliphatic carbocycles. The SMILES string of the molecule is COc1ccc(C(N)=O)cc1N=Nc1c(O)c(C(=O)O)cc2ccccc12. The molecule has 0 aliphatic heterocycles. The van der Waals surface area contributed by atoms with Gasteiger partial charge in [0.2, 0.25) is 5.91 Å². The van der Waals surface area contributed by atoms with Gasteiger partial charge in [-0.05, 0) is 29.7 Å². The number of methoxy groups -OCH3 is 1. The lowest BCUT2D eigenvalue weighted by atomic mass is 10.0. The van der Waals surface area contributed by atoms with Crippen LogP contribution in [0, 0.1) is 0 Å². The Kier molecular flexibility index (Phi) is 4.71. The molecule has 0 heterocycles. The van der Waals surface area contributed by atoms with Crippen LogP contribution < -0.4 is 10.5 Å². The predicted molar refractivity (Wildman–Crippen MR) is 98.3 cm³/mol. The van der Waals surface area contributed by atoms with Crippen LogP contribution in [0.5, 0.6) is 11.5 Å². The van der Waals surface area contributed by atoms with Gasteiger partial charge < -0.3 is 20.7 Å². The lowest BCUT2D eigenvalue weighted by Crippen LogP contribution is -2.10. The van der Waals surface area contributed by atoms with Crippen molar-refractivity contribution in [3.05, 3.63) is 59.7 Å². The first-order chi connectivity index (χ1) is 12.9. The zero-order valence-electron chi connectivity index (χ0n) is 14.2. The zero-order chi connectivity index (χ0) is 19.6. The number of benzene rings is 3. The largest absolute Gasteiger partial charge is 0.505 e. The van der Waals surface area contributed by atoms with Crippen LogP contribution >= 0.6 is 0 Å². The molecule has 1 amide bonds. The average Bonchev–Trinajstić information content (AvgIpc) is 2.66. The van der Waals surface area contributed by atoms with Crippen LogP contribution in [0.4, 0.5) is 11.4 Å². The number of carboxylic acids is 1. The number of hydrogen-bond donors (Lipinski definition) is 3. The molecule has 0 aliphatic rings. The van der Waals surface area contributed by atoms with Crippen molar-refractivity contribution < 1.29 is 24.5 Å².